The number of carbonyl (C=O) groups excluding carboxylic acids is 1. The van der Waals surface area contributed by atoms with Crippen LogP contribution in [-0.4, -0.2) is 18.8 Å². The van der Waals surface area contributed by atoms with Gasteiger partial charge in [0, 0.05) is 9.37 Å². The molecule has 0 aliphatic carbocycles. The van der Waals surface area contributed by atoms with Crippen LogP contribution in [-0.2, 0) is 4.79 Å². The molecule has 2 aromatic rings. The lowest BCUT2D eigenvalue weighted by Crippen LogP contribution is -2.14. The number of amides is 1. The maximum Gasteiger partial charge on any atom is 0.234 e. The number of thioether (sulfide) groups is 1. The van der Waals surface area contributed by atoms with Crippen molar-refractivity contribution >= 4 is 39.3 Å². The van der Waals surface area contributed by atoms with Gasteiger partial charge >= 0.3 is 0 Å². The predicted molar refractivity (Wildman–Crippen MR) is 86.4 cm³/mol. The second-order valence-electron chi connectivity index (χ2n) is 4.26. The second kappa shape index (κ2) is 7.60. The number of ether oxygens (including phenoxy) is 1. The van der Waals surface area contributed by atoms with Crippen LogP contribution in [0.2, 0.25) is 0 Å². The van der Waals surface area contributed by atoms with E-state index in [0.29, 0.717) is 16.3 Å². The first kappa shape index (κ1) is 16.8. The average molecular weight is 388 g/mol. The third kappa shape index (κ3) is 4.45. The first-order chi connectivity index (χ1) is 10.5. The zero-order chi connectivity index (χ0) is 16.1. The zero-order valence-corrected chi connectivity index (χ0v) is 13.9. The van der Waals surface area contributed by atoms with Gasteiger partial charge in [-0.15, -0.1) is 11.8 Å². The number of methoxy groups -OCH3 is 1. The Morgan fingerprint density at radius 3 is 2.68 bits per heavy atom. The van der Waals surface area contributed by atoms with Gasteiger partial charge in [-0.1, -0.05) is 15.9 Å². The van der Waals surface area contributed by atoms with Gasteiger partial charge in [-0.3, -0.25) is 4.79 Å². The van der Waals surface area contributed by atoms with Crippen LogP contribution < -0.4 is 10.1 Å². The Balaban J connectivity index is 1.98. The molecule has 0 aromatic heterocycles. The van der Waals surface area contributed by atoms with Crippen molar-refractivity contribution in [2.24, 2.45) is 0 Å². The molecule has 0 bridgehead atoms. The molecule has 0 fully saturated rings. The topological polar surface area (TPSA) is 38.3 Å². The molecule has 2 aromatic carbocycles. The van der Waals surface area contributed by atoms with Crippen molar-refractivity contribution in [1.29, 1.82) is 0 Å². The Morgan fingerprint density at radius 1 is 1.23 bits per heavy atom. The predicted octanol–water partition coefficient (Wildman–Crippen LogP) is 4.47. The molecule has 0 saturated carbocycles. The van der Waals surface area contributed by atoms with Crippen LogP contribution in [0, 0.1) is 11.6 Å². The lowest BCUT2D eigenvalue weighted by atomic mass is 10.3. The third-order valence-electron chi connectivity index (χ3n) is 2.70. The lowest BCUT2D eigenvalue weighted by molar-refractivity contribution is -0.113. The number of nitrogens with one attached hydrogen (secondary N) is 1. The lowest BCUT2D eigenvalue weighted by Gasteiger charge is -2.10. The highest BCUT2D eigenvalue weighted by Gasteiger charge is 2.10. The number of benzene rings is 2. The van der Waals surface area contributed by atoms with Crippen LogP contribution in [0.15, 0.2) is 45.8 Å². The van der Waals surface area contributed by atoms with Crippen molar-refractivity contribution in [3.63, 3.8) is 0 Å². The van der Waals surface area contributed by atoms with E-state index < -0.39 is 11.6 Å². The Labute approximate surface area is 139 Å². The Morgan fingerprint density at radius 2 is 2.00 bits per heavy atom. The van der Waals surface area contributed by atoms with E-state index in [1.807, 2.05) is 0 Å². The number of halogens is 3. The molecule has 1 N–H and O–H groups in total. The van der Waals surface area contributed by atoms with Crippen LogP contribution in [0.4, 0.5) is 14.5 Å². The van der Waals surface area contributed by atoms with Crippen molar-refractivity contribution in [2.75, 3.05) is 18.2 Å². The Kier molecular flexibility index (Phi) is 5.79. The molecule has 0 radical (unpaired) electrons. The maximum atomic E-state index is 13.1. The number of carbonyl (C=O) groups is 1. The van der Waals surface area contributed by atoms with E-state index in [1.165, 1.54) is 13.2 Å². The summed E-state index contributed by atoms with van der Waals surface area (Å²) in [6, 6.07) is 8.77. The van der Waals surface area contributed by atoms with E-state index in [-0.39, 0.29) is 11.7 Å². The highest BCUT2D eigenvalue weighted by atomic mass is 79.9. The number of anilines is 1. The summed E-state index contributed by atoms with van der Waals surface area (Å²) in [5, 5.41) is 2.72. The minimum absolute atomic E-state index is 0.0702. The molecule has 2 rings (SSSR count). The van der Waals surface area contributed by atoms with E-state index in [2.05, 4.69) is 21.2 Å². The normalized spacial score (nSPS) is 10.4. The monoisotopic (exact) mass is 387 g/mol. The van der Waals surface area contributed by atoms with Gasteiger partial charge in [-0.25, -0.2) is 8.78 Å². The summed E-state index contributed by atoms with van der Waals surface area (Å²) in [5.74, 6) is -1.51. The Hall–Kier alpha value is -1.60. The molecular weight excluding hydrogens is 376 g/mol. The molecule has 22 heavy (non-hydrogen) atoms. The summed E-state index contributed by atoms with van der Waals surface area (Å²) in [5.41, 5.74) is 0.535. The summed E-state index contributed by atoms with van der Waals surface area (Å²) >= 11 is 4.43. The molecular formula is C15H12BrF2NO2S. The molecule has 1 amide bonds. The van der Waals surface area contributed by atoms with Gasteiger partial charge in [0.05, 0.1) is 18.6 Å². The highest BCUT2D eigenvalue weighted by molar-refractivity contribution is 9.10. The summed E-state index contributed by atoms with van der Waals surface area (Å²) < 4.78 is 31.9. The second-order valence-corrected chi connectivity index (χ2v) is 6.22. The van der Waals surface area contributed by atoms with Gasteiger partial charge in [0.15, 0.2) is 11.6 Å². The zero-order valence-electron chi connectivity index (χ0n) is 11.5. The molecule has 0 atom stereocenters. The molecule has 0 heterocycles. The fraction of sp³-hybridized carbons (Fsp3) is 0.133. The first-order valence-corrected chi connectivity index (χ1v) is 7.98. The van der Waals surface area contributed by atoms with E-state index in [0.717, 1.165) is 28.4 Å². The standard InChI is InChI=1S/C15H12BrF2NO2S/c1-21-14-5-2-9(16)6-13(14)19-15(20)8-22-10-3-4-11(17)12(18)7-10/h2-7H,8H2,1H3,(H,19,20). The van der Waals surface area contributed by atoms with Gasteiger partial charge in [0.25, 0.3) is 0 Å². The van der Waals surface area contributed by atoms with Gasteiger partial charge in [0.1, 0.15) is 5.75 Å². The van der Waals surface area contributed by atoms with Crippen molar-refractivity contribution in [2.45, 2.75) is 4.90 Å². The van der Waals surface area contributed by atoms with Crippen LogP contribution in [0.3, 0.4) is 0 Å². The summed E-state index contributed by atoms with van der Waals surface area (Å²) in [7, 11) is 1.51. The van der Waals surface area contributed by atoms with Crippen molar-refractivity contribution in [3.8, 4) is 5.75 Å². The molecule has 0 aliphatic rings. The van der Waals surface area contributed by atoms with Crippen LogP contribution in [0.25, 0.3) is 0 Å². The largest absolute Gasteiger partial charge is 0.495 e. The van der Waals surface area contributed by atoms with E-state index in [9.17, 15) is 13.6 Å². The van der Waals surface area contributed by atoms with E-state index in [1.54, 1.807) is 18.2 Å². The van der Waals surface area contributed by atoms with Crippen molar-refractivity contribution < 1.29 is 18.3 Å². The van der Waals surface area contributed by atoms with E-state index >= 15 is 0 Å². The van der Waals surface area contributed by atoms with Crippen molar-refractivity contribution in [3.05, 3.63) is 52.5 Å². The number of hydrogen-bond donors (Lipinski definition) is 1. The number of hydrogen-bond acceptors (Lipinski definition) is 3. The first-order valence-electron chi connectivity index (χ1n) is 6.21. The third-order valence-corrected chi connectivity index (χ3v) is 4.18. The molecule has 0 unspecified atom stereocenters. The molecule has 116 valence electrons. The summed E-state index contributed by atoms with van der Waals surface area (Å²) in [6.45, 7) is 0. The van der Waals surface area contributed by atoms with Crippen LogP contribution in [0.1, 0.15) is 0 Å². The van der Waals surface area contributed by atoms with Crippen LogP contribution in [0.5, 0.6) is 5.75 Å². The summed E-state index contributed by atoms with van der Waals surface area (Å²) in [4.78, 5) is 12.4. The summed E-state index contributed by atoms with van der Waals surface area (Å²) in [6.07, 6.45) is 0. The van der Waals surface area contributed by atoms with Crippen molar-refractivity contribution in [1.82, 2.24) is 0 Å². The van der Waals surface area contributed by atoms with Gasteiger partial charge in [0.2, 0.25) is 5.91 Å². The van der Waals surface area contributed by atoms with Gasteiger partial charge in [-0.05, 0) is 36.4 Å². The maximum absolute atomic E-state index is 13.1. The smallest absolute Gasteiger partial charge is 0.234 e. The van der Waals surface area contributed by atoms with Gasteiger partial charge < -0.3 is 10.1 Å². The Bertz CT molecular complexity index is 697. The quantitative estimate of drug-likeness (QED) is 0.769. The molecule has 0 saturated heterocycles. The minimum atomic E-state index is -0.931. The van der Waals surface area contributed by atoms with E-state index in [4.69, 9.17) is 4.74 Å². The highest BCUT2D eigenvalue weighted by Crippen LogP contribution is 2.28. The number of rotatable bonds is 5. The molecule has 3 nitrogen and oxygen atoms in total. The molecule has 7 heteroatoms. The fourth-order valence-corrected chi connectivity index (χ4v) is 2.76. The van der Waals surface area contributed by atoms with Gasteiger partial charge in [-0.2, -0.15) is 0 Å². The average Bonchev–Trinajstić information content (AvgIpc) is 2.49. The molecule has 0 spiro atoms. The fourth-order valence-electron chi connectivity index (χ4n) is 1.68. The minimum Gasteiger partial charge on any atom is -0.495 e. The SMILES string of the molecule is COc1ccc(Br)cc1NC(=O)CSc1ccc(F)c(F)c1. The van der Waals surface area contributed by atoms with Crippen LogP contribution >= 0.6 is 27.7 Å². The molecule has 0 aliphatic heterocycles.